The van der Waals surface area contributed by atoms with Gasteiger partial charge >= 0.3 is 0 Å². The minimum Gasteiger partial charge on any atom is -0.503 e. The standard InChI is InChI=1S/C21H26FN3O5/c1-3-7-14(22)23-19(28)13-10-24-11-15-25(20(29)16(24)18(27)17(13)26)12(2)21(30-15)8-5-4-6-9-21/h3,10,12,14-15,27H,1,4-9,11H2,2H3,(H,23,28)/t12-,14?,15+/m1/s1. The van der Waals surface area contributed by atoms with Crippen molar-refractivity contribution >= 4 is 11.8 Å². The summed E-state index contributed by atoms with van der Waals surface area (Å²) in [6.07, 6.45) is 5.00. The molecular weight excluding hydrogens is 393 g/mol. The number of pyridine rings is 1. The van der Waals surface area contributed by atoms with Crippen molar-refractivity contribution in [3.8, 4) is 5.75 Å². The van der Waals surface area contributed by atoms with Crippen molar-refractivity contribution in [3.05, 3.63) is 40.3 Å². The highest BCUT2D eigenvalue weighted by atomic mass is 19.1. The molecule has 0 radical (unpaired) electrons. The van der Waals surface area contributed by atoms with Crippen molar-refractivity contribution in [2.45, 2.75) is 76.2 Å². The van der Waals surface area contributed by atoms with Crippen LogP contribution in [-0.4, -0.2) is 50.6 Å². The van der Waals surface area contributed by atoms with Gasteiger partial charge in [-0.1, -0.05) is 25.3 Å². The van der Waals surface area contributed by atoms with Crippen LogP contribution in [0.5, 0.6) is 5.75 Å². The highest BCUT2D eigenvalue weighted by Gasteiger charge is 2.55. The number of ether oxygens (including phenoxy) is 1. The summed E-state index contributed by atoms with van der Waals surface area (Å²) in [5, 5.41) is 12.5. The van der Waals surface area contributed by atoms with Crippen LogP contribution in [0.2, 0.25) is 0 Å². The summed E-state index contributed by atoms with van der Waals surface area (Å²) in [4.78, 5) is 39.7. The molecule has 30 heavy (non-hydrogen) atoms. The Morgan fingerprint density at radius 2 is 2.13 bits per heavy atom. The van der Waals surface area contributed by atoms with Crippen LogP contribution >= 0.6 is 0 Å². The Hall–Kier alpha value is -2.68. The number of halogens is 1. The Labute approximate surface area is 173 Å². The molecule has 162 valence electrons. The van der Waals surface area contributed by atoms with E-state index in [9.17, 15) is 23.9 Å². The lowest BCUT2D eigenvalue weighted by molar-refractivity contribution is -0.0832. The molecule has 1 saturated carbocycles. The summed E-state index contributed by atoms with van der Waals surface area (Å²) in [6.45, 7) is 5.51. The van der Waals surface area contributed by atoms with Gasteiger partial charge in [-0.3, -0.25) is 14.4 Å². The number of carbonyl (C=O) groups is 2. The lowest BCUT2D eigenvalue weighted by Crippen LogP contribution is -2.51. The summed E-state index contributed by atoms with van der Waals surface area (Å²) < 4.78 is 21.5. The van der Waals surface area contributed by atoms with Crippen LogP contribution in [0.25, 0.3) is 0 Å². The van der Waals surface area contributed by atoms with Gasteiger partial charge in [-0.05, 0) is 19.8 Å². The number of hydrogen-bond acceptors (Lipinski definition) is 5. The molecule has 0 aromatic carbocycles. The van der Waals surface area contributed by atoms with Gasteiger partial charge in [0.05, 0.1) is 18.2 Å². The number of rotatable bonds is 4. The molecule has 2 fully saturated rings. The van der Waals surface area contributed by atoms with Gasteiger partial charge in [0.2, 0.25) is 5.43 Å². The molecule has 1 unspecified atom stereocenters. The molecule has 3 atom stereocenters. The smallest absolute Gasteiger partial charge is 0.276 e. The number of nitrogens with one attached hydrogen (secondary N) is 1. The van der Waals surface area contributed by atoms with Gasteiger partial charge in [0, 0.05) is 12.6 Å². The molecule has 2 N–H and O–H groups in total. The molecule has 8 nitrogen and oxygen atoms in total. The first kappa shape index (κ1) is 20.6. The molecular formula is C21H26FN3O5. The fourth-order valence-corrected chi connectivity index (χ4v) is 4.94. The summed E-state index contributed by atoms with van der Waals surface area (Å²) in [7, 11) is 0. The van der Waals surface area contributed by atoms with Crippen LogP contribution in [0.1, 0.15) is 66.3 Å². The van der Waals surface area contributed by atoms with E-state index in [1.165, 1.54) is 16.8 Å². The highest BCUT2D eigenvalue weighted by molar-refractivity contribution is 5.99. The predicted octanol–water partition coefficient (Wildman–Crippen LogP) is 2.06. The summed E-state index contributed by atoms with van der Waals surface area (Å²) in [5.41, 5.74) is -2.03. The van der Waals surface area contributed by atoms with Crippen LogP contribution in [-0.2, 0) is 11.3 Å². The maximum Gasteiger partial charge on any atom is 0.276 e. The van der Waals surface area contributed by atoms with E-state index in [4.69, 9.17) is 4.74 Å². The summed E-state index contributed by atoms with van der Waals surface area (Å²) >= 11 is 0. The van der Waals surface area contributed by atoms with Crippen molar-refractivity contribution in [1.82, 2.24) is 14.8 Å². The van der Waals surface area contributed by atoms with Crippen LogP contribution in [0, 0.1) is 0 Å². The van der Waals surface area contributed by atoms with Crippen molar-refractivity contribution in [2.24, 2.45) is 0 Å². The summed E-state index contributed by atoms with van der Waals surface area (Å²) in [5.74, 6) is -2.26. The third-order valence-corrected chi connectivity index (χ3v) is 6.51. The van der Waals surface area contributed by atoms with Crippen LogP contribution in [0.15, 0.2) is 23.6 Å². The zero-order valence-electron chi connectivity index (χ0n) is 16.9. The summed E-state index contributed by atoms with van der Waals surface area (Å²) in [6, 6.07) is -0.187. The van der Waals surface area contributed by atoms with Crippen molar-refractivity contribution in [3.63, 3.8) is 0 Å². The Kier molecular flexibility index (Phi) is 5.17. The van der Waals surface area contributed by atoms with Crippen molar-refractivity contribution in [1.29, 1.82) is 0 Å². The first-order valence-electron chi connectivity index (χ1n) is 10.3. The number of hydrogen-bond donors (Lipinski definition) is 2. The molecule has 1 aliphatic carbocycles. The molecule has 2 amide bonds. The van der Waals surface area contributed by atoms with E-state index < -0.39 is 46.7 Å². The molecule has 1 saturated heterocycles. The maximum atomic E-state index is 13.7. The zero-order chi connectivity index (χ0) is 21.6. The second-order valence-corrected chi connectivity index (χ2v) is 8.27. The first-order chi connectivity index (χ1) is 14.3. The van der Waals surface area contributed by atoms with Gasteiger partial charge in [0.25, 0.3) is 11.8 Å². The number of aromatic hydroxyl groups is 1. The van der Waals surface area contributed by atoms with Crippen LogP contribution in [0.3, 0.4) is 0 Å². The number of aromatic nitrogens is 1. The molecule has 1 aromatic rings. The predicted molar refractivity (Wildman–Crippen MR) is 106 cm³/mol. The number of fused-ring (bicyclic) bond motifs is 2. The third-order valence-electron chi connectivity index (χ3n) is 6.51. The van der Waals surface area contributed by atoms with Crippen LogP contribution < -0.4 is 10.7 Å². The average molecular weight is 419 g/mol. The van der Waals surface area contributed by atoms with E-state index in [0.717, 1.165) is 32.1 Å². The van der Waals surface area contributed by atoms with Gasteiger partial charge in [0.15, 0.2) is 24.0 Å². The van der Waals surface area contributed by atoms with Gasteiger partial charge < -0.3 is 24.6 Å². The van der Waals surface area contributed by atoms with Gasteiger partial charge in [-0.15, -0.1) is 6.58 Å². The molecule has 3 aliphatic rings. The number of carbonyl (C=O) groups excluding carboxylic acids is 2. The SMILES string of the molecule is C=CCC(F)NC(=O)c1cn2c(c(O)c1=O)C(=O)N1[C@H](C2)OC2(CCCCC2)[C@H]1C. The van der Waals surface area contributed by atoms with E-state index >= 15 is 0 Å². The maximum absolute atomic E-state index is 13.7. The van der Waals surface area contributed by atoms with Gasteiger partial charge in [-0.2, -0.15) is 0 Å². The van der Waals surface area contributed by atoms with E-state index in [1.54, 1.807) is 4.90 Å². The average Bonchev–Trinajstić information content (AvgIpc) is 2.96. The highest BCUT2D eigenvalue weighted by Crippen LogP contribution is 2.45. The molecule has 1 aromatic heterocycles. The van der Waals surface area contributed by atoms with E-state index in [1.807, 2.05) is 6.92 Å². The quantitative estimate of drug-likeness (QED) is 0.575. The van der Waals surface area contributed by atoms with E-state index in [0.29, 0.717) is 0 Å². The first-order valence-corrected chi connectivity index (χ1v) is 10.3. The molecule has 3 heterocycles. The monoisotopic (exact) mass is 419 g/mol. The Balaban J connectivity index is 1.68. The molecule has 4 rings (SSSR count). The fourth-order valence-electron chi connectivity index (χ4n) is 4.94. The number of alkyl halides is 1. The van der Waals surface area contributed by atoms with Crippen LogP contribution in [0.4, 0.5) is 4.39 Å². The number of amides is 2. The minimum atomic E-state index is -1.71. The fraction of sp³-hybridized carbons (Fsp3) is 0.571. The van der Waals surface area contributed by atoms with Crippen molar-refractivity contribution in [2.75, 3.05) is 0 Å². The minimum absolute atomic E-state index is 0.118. The van der Waals surface area contributed by atoms with Crippen molar-refractivity contribution < 1.29 is 23.8 Å². The van der Waals surface area contributed by atoms with Gasteiger partial charge in [0.1, 0.15) is 5.56 Å². The lowest BCUT2D eigenvalue weighted by Gasteiger charge is -2.37. The largest absolute Gasteiger partial charge is 0.503 e. The lowest BCUT2D eigenvalue weighted by atomic mass is 9.80. The normalized spacial score (nSPS) is 25.5. The molecule has 0 bridgehead atoms. The molecule has 1 spiro atoms. The zero-order valence-corrected chi connectivity index (χ0v) is 16.9. The second kappa shape index (κ2) is 7.54. The third kappa shape index (κ3) is 3.12. The molecule has 9 heteroatoms. The Bertz CT molecular complexity index is 953. The molecule has 2 aliphatic heterocycles. The van der Waals surface area contributed by atoms with E-state index in [2.05, 4.69) is 11.9 Å². The Morgan fingerprint density at radius 1 is 1.43 bits per heavy atom. The number of nitrogens with zero attached hydrogens (tertiary/aromatic N) is 2. The second-order valence-electron chi connectivity index (χ2n) is 8.27. The van der Waals surface area contributed by atoms with Gasteiger partial charge in [-0.25, -0.2) is 4.39 Å². The topological polar surface area (TPSA) is 101 Å². The van der Waals surface area contributed by atoms with E-state index in [-0.39, 0.29) is 24.7 Å². The Morgan fingerprint density at radius 3 is 2.80 bits per heavy atom.